The Balaban J connectivity index is 2.26. The Morgan fingerprint density at radius 1 is 1.11 bits per heavy atom. The molecular formula is C16H19BrO. The van der Waals surface area contributed by atoms with Crippen LogP contribution in [0.1, 0.15) is 38.4 Å². The summed E-state index contributed by atoms with van der Waals surface area (Å²) in [5.74, 6) is 0.556. The molecule has 1 nitrogen and oxygen atoms in total. The SMILES string of the molecule is CCC(C)CC(O)c1ccc2cc(Br)ccc2c1. The number of aliphatic hydroxyl groups is 1. The Labute approximate surface area is 117 Å². The summed E-state index contributed by atoms with van der Waals surface area (Å²) >= 11 is 3.47. The number of benzene rings is 2. The molecule has 2 heteroatoms. The van der Waals surface area contributed by atoms with Crippen LogP contribution >= 0.6 is 15.9 Å². The van der Waals surface area contributed by atoms with Crippen LogP contribution in [0, 0.1) is 5.92 Å². The summed E-state index contributed by atoms with van der Waals surface area (Å²) in [6, 6.07) is 12.4. The van der Waals surface area contributed by atoms with Gasteiger partial charge in [0.25, 0.3) is 0 Å². The lowest BCUT2D eigenvalue weighted by atomic mass is 9.95. The zero-order chi connectivity index (χ0) is 13.1. The number of fused-ring (bicyclic) bond motifs is 1. The fourth-order valence-electron chi connectivity index (χ4n) is 2.13. The molecule has 2 aromatic rings. The lowest BCUT2D eigenvalue weighted by Crippen LogP contribution is -2.03. The monoisotopic (exact) mass is 306 g/mol. The molecule has 18 heavy (non-hydrogen) atoms. The molecule has 0 aliphatic rings. The number of rotatable bonds is 4. The summed E-state index contributed by atoms with van der Waals surface area (Å²) in [5.41, 5.74) is 1.02. The van der Waals surface area contributed by atoms with Crippen molar-refractivity contribution in [3.63, 3.8) is 0 Å². The largest absolute Gasteiger partial charge is 0.388 e. The van der Waals surface area contributed by atoms with E-state index in [9.17, 15) is 5.11 Å². The van der Waals surface area contributed by atoms with Gasteiger partial charge in [-0.3, -0.25) is 0 Å². The van der Waals surface area contributed by atoms with Crippen LogP contribution in [0.15, 0.2) is 40.9 Å². The summed E-state index contributed by atoms with van der Waals surface area (Å²) in [5, 5.41) is 12.6. The third kappa shape index (κ3) is 3.12. The highest BCUT2D eigenvalue weighted by atomic mass is 79.9. The quantitative estimate of drug-likeness (QED) is 0.836. The van der Waals surface area contributed by atoms with E-state index in [2.05, 4.69) is 54.0 Å². The minimum absolute atomic E-state index is 0.354. The van der Waals surface area contributed by atoms with Crippen LogP contribution in [0.25, 0.3) is 10.8 Å². The third-order valence-electron chi connectivity index (χ3n) is 3.53. The van der Waals surface area contributed by atoms with Crippen LogP contribution in [0.2, 0.25) is 0 Å². The average Bonchev–Trinajstić information content (AvgIpc) is 2.37. The van der Waals surface area contributed by atoms with Gasteiger partial charge in [0.15, 0.2) is 0 Å². The topological polar surface area (TPSA) is 20.2 Å². The minimum atomic E-state index is -0.354. The molecule has 0 aromatic heterocycles. The van der Waals surface area contributed by atoms with E-state index in [0.717, 1.165) is 22.9 Å². The van der Waals surface area contributed by atoms with Gasteiger partial charge in [-0.25, -0.2) is 0 Å². The molecule has 0 fully saturated rings. The normalized spacial score (nSPS) is 14.7. The molecule has 0 heterocycles. The highest BCUT2D eigenvalue weighted by Gasteiger charge is 2.11. The van der Waals surface area contributed by atoms with E-state index in [4.69, 9.17) is 0 Å². The molecule has 2 unspecified atom stereocenters. The van der Waals surface area contributed by atoms with E-state index in [-0.39, 0.29) is 6.10 Å². The smallest absolute Gasteiger partial charge is 0.0792 e. The van der Waals surface area contributed by atoms with Crippen LogP contribution in [0.3, 0.4) is 0 Å². The van der Waals surface area contributed by atoms with Crippen molar-refractivity contribution < 1.29 is 5.11 Å². The molecular weight excluding hydrogens is 288 g/mol. The third-order valence-corrected chi connectivity index (χ3v) is 4.03. The van der Waals surface area contributed by atoms with Crippen molar-refractivity contribution >= 4 is 26.7 Å². The number of hydrogen-bond acceptors (Lipinski definition) is 1. The van der Waals surface area contributed by atoms with Crippen LogP contribution in [0.5, 0.6) is 0 Å². The van der Waals surface area contributed by atoms with Gasteiger partial charge in [0, 0.05) is 4.47 Å². The maximum absolute atomic E-state index is 10.2. The molecule has 0 spiro atoms. The standard InChI is InChI=1S/C16H19BrO/c1-3-11(2)8-16(18)14-5-4-13-10-15(17)7-6-12(13)9-14/h4-7,9-11,16,18H,3,8H2,1-2H3. The van der Waals surface area contributed by atoms with Crippen molar-refractivity contribution in [2.75, 3.05) is 0 Å². The lowest BCUT2D eigenvalue weighted by Gasteiger charge is -2.15. The van der Waals surface area contributed by atoms with Gasteiger partial charge >= 0.3 is 0 Å². The first kappa shape index (κ1) is 13.6. The molecule has 0 saturated heterocycles. The maximum Gasteiger partial charge on any atom is 0.0792 e. The summed E-state index contributed by atoms with van der Waals surface area (Å²) in [6.07, 6.45) is 1.59. The van der Waals surface area contributed by atoms with Crippen LogP contribution in [-0.2, 0) is 0 Å². The van der Waals surface area contributed by atoms with E-state index < -0.39 is 0 Å². The van der Waals surface area contributed by atoms with E-state index in [1.807, 2.05) is 12.1 Å². The molecule has 0 saturated carbocycles. The first-order valence-electron chi connectivity index (χ1n) is 6.47. The predicted molar refractivity (Wildman–Crippen MR) is 80.7 cm³/mol. The maximum atomic E-state index is 10.2. The number of aliphatic hydroxyl groups excluding tert-OH is 1. The van der Waals surface area contributed by atoms with E-state index in [1.54, 1.807) is 0 Å². The second-order valence-electron chi connectivity index (χ2n) is 5.02. The van der Waals surface area contributed by atoms with Crippen molar-refractivity contribution in [3.8, 4) is 0 Å². The highest BCUT2D eigenvalue weighted by molar-refractivity contribution is 9.10. The number of hydrogen-bond donors (Lipinski definition) is 1. The van der Waals surface area contributed by atoms with Gasteiger partial charge < -0.3 is 5.11 Å². The Bertz CT molecular complexity index is 536. The predicted octanol–water partition coefficient (Wildman–Crippen LogP) is 5.07. The van der Waals surface area contributed by atoms with Gasteiger partial charge in [-0.2, -0.15) is 0 Å². The van der Waals surface area contributed by atoms with Gasteiger partial charge in [-0.05, 0) is 46.9 Å². The summed E-state index contributed by atoms with van der Waals surface area (Å²) in [7, 11) is 0. The molecule has 2 aromatic carbocycles. The molecule has 0 radical (unpaired) electrons. The van der Waals surface area contributed by atoms with Crippen LogP contribution in [-0.4, -0.2) is 5.11 Å². The van der Waals surface area contributed by atoms with Gasteiger partial charge in [0.05, 0.1) is 6.10 Å². The average molecular weight is 307 g/mol. The Morgan fingerprint density at radius 3 is 2.50 bits per heavy atom. The molecule has 2 atom stereocenters. The van der Waals surface area contributed by atoms with Gasteiger partial charge in [0.1, 0.15) is 0 Å². The minimum Gasteiger partial charge on any atom is -0.388 e. The fourth-order valence-corrected chi connectivity index (χ4v) is 2.51. The second kappa shape index (κ2) is 5.85. The zero-order valence-corrected chi connectivity index (χ0v) is 12.4. The molecule has 0 aliphatic carbocycles. The van der Waals surface area contributed by atoms with Crippen molar-refractivity contribution in [3.05, 3.63) is 46.4 Å². The summed E-state index contributed by atoms with van der Waals surface area (Å²) in [4.78, 5) is 0. The Kier molecular flexibility index (Phi) is 4.41. The molecule has 0 amide bonds. The first-order chi connectivity index (χ1) is 8.60. The lowest BCUT2D eigenvalue weighted by molar-refractivity contribution is 0.146. The molecule has 2 rings (SSSR count). The van der Waals surface area contributed by atoms with Gasteiger partial charge in [-0.1, -0.05) is 54.4 Å². The highest BCUT2D eigenvalue weighted by Crippen LogP contribution is 2.27. The van der Waals surface area contributed by atoms with E-state index >= 15 is 0 Å². The van der Waals surface area contributed by atoms with Crippen molar-refractivity contribution in [1.29, 1.82) is 0 Å². The summed E-state index contributed by atoms with van der Waals surface area (Å²) < 4.78 is 1.09. The Morgan fingerprint density at radius 2 is 1.78 bits per heavy atom. The molecule has 1 N–H and O–H groups in total. The van der Waals surface area contributed by atoms with Crippen LogP contribution < -0.4 is 0 Å². The second-order valence-corrected chi connectivity index (χ2v) is 5.93. The van der Waals surface area contributed by atoms with Crippen molar-refractivity contribution in [1.82, 2.24) is 0 Å². The summed E-state index contributed by atoms with van der Waals surface area (Å²) in [6.45, 7) is 4.34. The molecule has 0 aliphatic heterocycles. The van der Waals surface area contributed by atoms with Crippen molar-refractivity contribution in [2.24, 2.45) is 5.92 Å². The van der Waals surface area contributed by atoms with Crippen LogP contribution in [0.4, 0.5) is 0 Å². The first-order valence-corrected chi connectivity index (χ1v) is 7.26. The molecule has 96 valence electrons. The van der Waals surface area contributed by atoms with E-state index in [1.165, 1.54) is 10.8 Å². The van der Waals surface area contributed by atoms with Gasteiger partial charge in [0.2, 0.25) is 0 Å². The van der Waals surface area contributed by atoms with Crippen molar-refractivity contribution in [2.45, 2.75) is 32.8 Å². The molecule has 0 bridgehead atoms. The number of halogens is 1. The fraction of sp³-hybridized carbons (Fsp3) is 0.375. The Hall–Kier alpha value is -0.860. The van der Waals surface area contributed by atoms with Gasteiger partial charge in [-0.15, -0.1) is 0 Å². The van der Waals surface area contributed by atoms with E-state index in [0.29, 0.717) is 5.92 Å². The zero-order valence-electron chi connectivity index (χ0n) is 10.9.